The van der Waals surface area contributed by atoms with Crippen molar-refractivity contribution in [2.24, 2.45) is 5.41 Å². The van der Waals surface area contributed by atoms with Crippen LogP contribution < -0.4 is 0 Å². The molecule has 0 aromatic carbocycles. The van der Waals surface area contributed by atoms with E-state index in [1.165, 1.54) is 14.2 Å². The van der Waals surface area contributed by atoms with Gasteiger partial charge in [-0.25, -0.2) is 0 Å². The first-order chi connectivity index (χ1) is 7.13. The van der Waals surface area contributed by atoms with Gasteiger partial charge in [-0.05, 0) is 12.5 Å². The number of hydrogen-bond donors (Lipinski definition) is 0. The van der Waals surface area contributed by atoms with E-state index in [-0.39, 0.29) is 0 Å². The van der Waals surface area contributed by atoms with Crippen LogP contribution in [-0.2, 0) is 19.1 Å². The van der Waals surface area contributed by atoms with Crippen LogP contribution in [0.5, 0.6) is 0 Å². The fraction of sp³-hybridized carbons (Fsp3) is 0.545. The Morgan fingerprint density at radius 3 is 2.33 bits per heavy atom. The van der Waals surface area contributed by atoms with Gasteiger partial charge in [0.05, 0.1) is 14.2 Å². The molecule has 0 saturated heterocycles. The summed E-state index contributed by atoms with van der Waals surface area (Å²) in [6.45, 7) is 1.95. The van der Waals surface area contributed by atoms with Crippen molar-refractivity contribution < 1.29 is 19.1 Å². The summed E-state index contributed by atoms with van der Waals surface area (Å²) in [7, 11) is 2.51. The first-order valence-corrected chi connectivity index (χ1v) is 4.74. The van der Waals surface area contributed by atoms with Gasteiger partial charge in [0.1, 0.15) is 0 Å². The molecule has 0 aromatic heterocycles. The van der Waals surface area contributed by atoms with Crippen LogP contribution in [0.2, 0.25) is 0 Å². The van der Waals surface area contributed by atoms with Gasteiger partial charge in [0.15, 0.2) is 5.41 Å². The molecular formula is C11H14O4. The van der Waals surface area contributed by atoms with E-state index in [0.29, 0.717) is 12.0 Å². The van der Waals surface area contributed by atoms with Crippen molar-refractivity contribution in [1.82, 2.24) is 0 Å². The highest BCUT2D eigenvalue weighted by Gasteiger charge is 2.64. The molecule has 4 nitrogen and oxygen atoms in total. The minimum Gasteiger partial charge on any atom is -0.468 e. The first-order valence-electron chi connectivity index (χ1n) is 4.74. The lowest BCUT2D eigenvalue weighted by atomic mass is 10.1. The SMILES string of the molecule is CCC=C=C1CC1(C(=O)OC)C(=O)OC. The molecule has 0 atom stereocenters. The third-order valence-electron chi connectivity index (χ3n) is 2.38. The van der Waals surface area contributed by atoms with E-state index in [1.54, 1.807) is 6.08 Å². The van der Waals surface area contributed by atoms with Gasteiger partial charge in [0.2, 0.25) is 0 Å². The summed E-state index contributed by atoms with van der Waals surface area (Å²) >= 11 is 0. The van der Waals surface area contributed by atoms with E-state index in [1.807, 2.05) is 6.92 Å². The quantitative estimate of drug-likeness (QED) is 0.399. The Balaban J connectivity index is 3.00. The van der Waals surface area contributed by atoms with E-state index in [2.05, 4.69) is 15.2 Å². The summed E-state index contributed by atoms with van der Waals surface area (Å²) in [6.07, 6.45) is 2.94. The maximum Gasteiger partial charge on any atom is 0.328 e. The van der Waals surface area contributed by atoms with Gasteiger partial charge >= 0.3 is 11.9 Å². The first kappa shape index (κ1) is 11.5. The van der Waals surface area contributed by atoms with E-state index < -0.39 is 17.4 Å². The molecule has 0 bridgehead atoms. The van der Waals surface area contributed by atoms with Crippen molar-refractivity contribution in [2.45, 2.75) is 19.8 Å². The Hall–Kier alpha value is -1.54. The second-order valence-electron chi connectivity index (χ2n) is 3.30. The average Bonchev–Trinajstić information content (AvgIpc) is 2.99. The molecule has 1 aliphatic rings. The van der Waals surface area contributed by atoms with Crippen LogP contribution >= 0.6 is 0 Å². The summed E-state index contributed by atoms with van der Waals surface area (Å²) in [5.74, 6) is -1.14. The summed E-state index contributed by atoms with van der Waals surface area (Å²) in [4.78, 5) is 22.9. The highest BCUT2D eigenvalue weighted by Crippen LogP contribution is 2.53. The van der Waals surface area contributed by atoms with Crippen molar-refractivity contribution in [3.63, 3.8) is 0 Å². The van der Waals surface area contributed by atoms with Crippen molar-refractivity contribution in [3.8, 4) is 0 Å². The van der Waals surface area contributed by atoms with Crippen LogP contribution in [0.3, 0.4) is 0 Å². The summed E-state index contributed by atoms with van der Waals surface area (Å²) in [5, 5.41) is 0. The molecule has 0 radical (unpaired) electrons. The smallest absolute Gasteiger partial charge is 0.328 e. The van der Waals surface area contributed by atoms with Crippen LogP contribution in [0, 0.1) is 5.41 Å². The summed E-state index contributed by atoms with van der Waals surface area (Å²) < 4.78 is 9.19. The second kappa shape index (κ2) is 4.32. The molecule has 1 saturated carbocycles. The summed E-state index contributed by atoms with van der Waals surface area (Å²) in [5.41, 5.74) is 2.35. The Kier molecular flexibility index (Phi) is 3.32. The molecule has 0 heterocycles. The molecule has 15 heavy (non-hydrogen) atoms. The average molecular weight is 210 g/mol. The van der Waals surface area contributed by atoms with E-state index >= 15 is 0 Å². The van der Waals surface area contributed by atoms with Gasteiger partial charge in [0, 0.05) is 12.0 Å². The van der Waals surface area contributed by atoms with Gasteiger partial charge in [-0.3, -0.25) is 9.59 Å². The number of methoxy groups -OCH3 is 2. The summed E-state index contributed by atoms with van der Waals surface area (Å²) in [6, 6.07) is 0. The van der Waals surface area contributed by atoms with E-state index in [0.717, 1.165) is 6.42 Å². The Labute approximate surface area is 88.6 Å². The Bertz CT molecular complexity index is 332. The van der Waals surface area contributed by atoms with Gasteiger partial charge in [-0.2, -0.15) is 0 Å². The fourth-order valence-corrected chi connectivity index (χ4v) is 1.44. The Morgan fingerprint density at radius 2 is 1.93 bits per heavy atom. The number of carbonyl (C=O) groups excluding carboxylic acids is 2. The largest absolute Gasteiger partial charge is 0.468 e. The minimum absolute atomic E-state index is 0.350. The highest BCUT2D eigenvalue weighted by molar-refractivity contribution is 6.08. The van der Waals surface area contributed by atoms with Crippen LogP contribution in [0.1, 0.15) is 19.8 Å². The lowest BCUT2D eigenvalue weighted by molar-refractivity contribution is -0.160. The second-order valence-corrected chi connectivity index (χ2v) is 3.30. The molecule has 1 rings (SSSR count). The number of hydrogen-bond acceptors (Lipinski definition) is 4. The number of rotatable bonds is 3. The lowest BCUT2D eigenvalue weighted by Gasteiger charge is -2.08. The van der Waals surface area contributed by atoms with Crippen LogP contribution in [0.4, 0.5) is 0 Å². The molecule has 0 N–H and O–H groups in total. The molecule has 82 valence electrons. The minimum atomic E-state index is -1.21. The van der Waals surface area contributed by atoms with E-state index in [9.17, 15) is 9.59 Å². The zero-order chi connectivity index (χ0) is 11.5. The van der Waals surface area contributed by atoms with Crippen molar-refractivity contribution in [1.29, 1.82) is 0 Å². The predicted molar refractivity (Wildman–Crippen MR) is 53.0 cm³/mol. The van der Waals surface area contributed by atoms with Crippen LogP contribution in [-0.4, -0.2) is 26.2 Å². The Morgan fingerprint density at radius 1 is 1.40 bits per heavy atom. The fourth-order valence-electron chi connectivity index (χ4n) is 1.44. The topological polar surface area (TPSA) is 52.6 Å². The van der Waals surface area contributed by atoms with Crippen LogP contribution in [0.15, 0.2) is 17.4 Å². The van der Waals surface area contributed by atoms with Crippen molar-refractivity contribution in [2.75, 3.05) is 14.2 Å². The molecule has 1 aliphatic carbocycles. The van der Waals surface area contributed by atoms with Gasteiger partial charge in [-0.1, -0.05) is 6.92 Å². The molecule has 4 heteroatoms. The van der Waals surface area contributed by atoms with Gasteiger partial charge < -0.3 is 9.47 Å². The lowest BCUT2D eigenvalue weighted by Crippen LogP contribution is -2.28. The molecule has 1 fully saturated rings. The third kappa shape index (κ3) is 1.81. The third-order valence-corrected chi connectivity index (χ3v) is 2.38. The molecule has 0 aromatic rings. The number of esters is 2. The highest BCUT2D eigenvalue weighted by atomic mass is 16.5. The zero-order valence-corrected chi connectivity index (χ0v) is 9.12. The molecule has 0 spiro atoms. The molecule has 0 amide bonds. The van der Waals surface area contributed by atoms with E-state index in [4.69, 9.17) is 0 Å². The normalized spacial score (nSPS) is 16.3. The van der Waals surface area contributed by atoms with Crippen LogP contribution in [0.25, 0.3) is 0 Å². The van der Waals surface area contributed by atoms with Crippen molar-refractivity contribution >= 4 is 11.9 Å². The van der Waals surface area contributed by atoms with Gasteiger partial charge in [0.25, 0.3) is 0 Å². The molecular weight excluding hydrogens is 196 g/mol. The molecule has 0 aliphatic heterocycles. The molecule has 0 unspecified atom stereocenters. The zero-order valence-electron chi connectivity index (χ0n) is 9.12. The number of carbonyl (C=O) groups is 2. The maximum atomic E-state index is 11.5. The van der Waals surface area contributed by atoms with Gasteiger partial charge in [-0.15, -0.1) is 5.73 Å². The standard InChI is InChI=1S/C11H14O4/c1-4-5-6-8-7-11(8,9(12)14-2)10(13)15-3/h5H,4,7H2,1-3H3. The predicted octanol–water partition coefficient (Wildman–Crippen LogP) is 1.21. The van der Waals surface area contributed by atoms with Crippen molar-refractivity contribution in [3.05, 3.63) is 17.4 Å². The monoisotopic (exact) mass is 210 g/mol. The number of ether oxygens (including phenoxy) is 2. The maximum absolute atomic E-state index is 11.5.